The number of benzene rings is 1. The van der Waals surface area contributed by atoms with Crippen LogP contribution in [0.1, 0.15) is 24.1 Å². The normalized spacial score (nSPS) is 12.2. The van der Waals surface area contributed by atoms with E-state index in [9.17, 15) is 4.39 Å². The fourth-order valence-electron chi connectivity index (χ4n) is 1.95. The molecule has 2 aromatic rings. The molecular weight excluding hydrogens is 325 g/mol. The highest BCUT2D eigenvalue weighted by atomic mass is 79.9. The number of hydrazine groups is 1. The molecule has 0 amide bonds. The highest BCUT2D eigenvalue weighted by molar-refractivity contribution is 9.10. The molecule has 0 fully saturated rings. The monoisotopic (exact) mass is 339 g/mol. The van der Waals surface area contributed by atoms with Crippen LogP contribution in [-0.2, 0) is 0 Å². The first-order valence-corrected chi connectivity index (χ1v) is 6.94. The first kappa shape index (κ1) is 14.9. The van der Waals surface area contributed by atoms with E-state index in [-0.39, 0.29) is 5.82 Å². The van der Waals surface area contributed by atoms with E-state index in [1.54, 1.807) is 36.7 Å². The topological polar surface area (TPSA) is 60.2 Å². The van der Waals surface area contributed by atoms with E-state index in [0.717, 1.165) is 5.56 Å². The van der Waals surface area contributed by atoms with Crippen LogP contribution in [0.4, 0.5) is 4.39 Å². The molecule has 0 radical (unpaired) electrons. The summed E-state index contributed by atoms with van der Waals surface area (Å²) in [7, 11) is 0. The second kappa shape index (κ2) is 6.78. The smallest absolute Gasteiger partial charge is 0.142 e. The van der Waals surface area contributed by atoms with Gasteiger partial charge in [0, 0.05) is 11.8 Å². The molecule has 106 valence electrons. The first-order chi connectivity index (χ1) is 9.67. The van der Waals surface area contributed by atoms with Gasteiger partial charge in [-0.2, -0.15) is 0 Å². The number of nitrogens with zero attached hydrogens (tertiary/aromatic N) is 1. The molecule has 3 N–H and O–H groups in total. The molecule has 0 spiro atoms. The number of aromatic nitrogens is 1. The van der Waals surface area contributed by atoms with Gasteiger partial charge in [-0.25, -0.2) is 9.82 Å². The third-order valence-electron chi connectivity index (χ3n) is 2.84. The van der Waals surface area contributed by atoms with Crippen molar-refractivity contribution in [3.63, 3.8) is 0 Å². The largest absolute Gasteiger partial charge is 0.492 e. The van der Waals surface area contributed by atoms with Gasteiger partial charge in [0.1, 0.15) is 11.6 Å². The summed E-state index contributed by atoms with van der Waals surface area (Å²) in [6.45, 7) is 2.43. The summed E-state index contributed by atoms with van der Waals surface area (Å²) >= 11 is 3.17. The quantitative estimate of drug-likeness (QED) is 0.649. The van der Waals surface area contributed by atoms with E-state index >= 15 is 0 Å². The van der Waals surface area contributed by atoms with Crippen molar-refractivity contribution in [2.24, 2.45) is 5.84 Å². The van der Waals surface area contributed by atoms with Crippen LogP contribution in [0.15, 0.2) is 41.1 Å². The van der Waals surface area contributed by atoms with E-state index < -0.39 is 6.04 Å². The van der Waals surface area contributed by atoms with Gasteiger partial charge in [0.25, 0.3) is 0 Å². The number of hydrogen-bond donors (Lipinski definition) is 2. The lowest BCUT2D eigenvalue weighted by molar-refractivity contribution is 0.338. The number of nitrogens with two attached hydrogens (primary N) is 1. The molecule has 0 aliphatic carbocycles. The van der Waals surface area contributed by atoms with E-state index in [1.807, 2.05) is 6.92 Å². The Hall–Kier alpha value is -1.50. The van der Waals surface area contributed by atoms with E-state index in [1.165, 1.54) is 0 Å². The van der Waals surface area contributed by atoms with Crippen LogP contribution in [0.3, 0.4) is 0 Å². The number of ether oxygens (including phenoxy) is 1. The number of halogens is 2. The van der Waals surface area contributed by atoms with Crippen molar-refractivity contribution in [2.45, 2.75) is 13.0 Å². The minimum atomic E-state index is -0.500. The van der Waals surface area contributed by atoms with Crippen molar-refractivity contribution in [2.75, 3.05) is 6.61 Å². The zero-order chi connectivity index (χ0) is 14.5. The molecule has 4 nitrogen and oxygen atoms in total. The third kappa shape index (κ3) is 3.15. The molecule has 2 rings (SSSR count). The Kier molecular flexibility index (Phi) is 5.05. The molecule has 1 atom stereocenters. The second-order valence-corrected chi connectivity index (χ2v) is 4.98. The van der Waals surface area contributed by atoms with Crippen LogP contribution in [0.5, 0.6) is 5.75 Å². The van der Waals surface area contributed by atoms with E-state index in [4.69, 9.17) is 10.6 Å². The summed E-state index contributed by atoms with van der Waals surface area (Å²) in [5, 5.41) is 0. The average Bonchev–Trinajstić information content (AvgIpc) is 2.45. The van der Waals surface area contributed by atoms with Gasteiger partial charge in [-0.05, 0) is 40.5 Å². The molecule has 0 aliphatic heterocycles. The summed E-state index contributed by atoms with van der Waals surface area (Å²) in [6.07, 6.45) is 3.24. The average molecular weight is 340 g/mol. The van der Waals surface area contributed by atoms with Crippen LogP contribution in [0, 0.1) is 5.82 Å². The maximum absolute atomic E-state index is 14.2. The molecule has 0 bridgehead atoms. The van der Waals surface area contributed by atoms with Crippen molar-refractivity contribution in [1.29, 1.82) is 0 Å². The Morgan fingerprint density at radius 1 is 1.45 bits per heavy atom. The van der Waals surface area contributed by atoms with Crippen LogP contribution >= 0.6 is 15.9 Å². The minimum Gasteiger partial charge on any atom is -0.492 e. The summed E-state index contributed by atoms with van der Waals surface area (Å²) in [5.41, 5.74) is 3.79. The van der Waals surface area contributed by atoms with Crippen LogP contribution in [-0.4, -0.2) is 11.6 Å². The third-order valence-corrected chi connectivity index (χ3v) is 3.45. The predicted octanol–water partition coefficient (Wildman–Crippen LogP) is 2.93. The number of pyridine rings is 1. The molecule has 6 heteroatoms. The van der Waals surface area contributed by atoms with Crippen molar-refractivity contribution in [3.8, 4) is 5.75 Å². The number of hydrogen-bond acceptors (Lipinski definition) is 4. The lowest BCUT2D eigenvalue weighted by Crippen LogP contribution is -2.29. The SMILES string of the molecule is CCOc1cncc(C(NN)c2cccc(Br)c2F)c1. The maximum Gasteiger partial charge on any atom is 0.142 e. The molecule has 0 saturated carbocycles. The fraction of sp³-hybridized carbons (Fsp3) is 0.214. The lowest BCUT2D eigenvalue weighted by atomic mass is 10.0. The van der Waals surface area contributed by atoms with Gasteiger partial charge in [-0.1, -0.05) is 12.1 Å². The van der Waals surface area contributed by atoms with Gasteiger partial charge >= 0.3 is 0 Å². The predicted molar refractivity (Wildman–Crippen MR) is 78.7 cm³/mol. The van der Waals surface area contributed by atoms with Gasteiger partial charge in [0.2, 0.25) is 0 Å². The molecule has 1 heterocycles. The Labute approximate surface area is 125 Å². The van der Waals surface area contributed by atoms with Crippen molar-refractivity contribution in [1.82, 2.24) is 10.4 Å². The highest BCUT2D eigenvalue weighted by Crippen LogP contribution is 2.28. The molecule has 20 heavy (non-hydrogen) atoms. The van der Waals surface area contributed by atoms with Crippen LogP contribution in [0.2, 0.25) is 0 Å². The standard InChI is InChI=1S/C14H15BrFN3O/c1-2-20-10-6-9(7-18-8-10)14(19-17)11-4-3-5-12(15)13(11)16/h3-8,14,19H,2,17H2,1H3. The summed E-state index contributed by atoms with van der Waals surface area (Å²) in [4.78, 5) is 4.09. The lowest BCUT2D eigenvalue weighted by Gasteiger charge is -2.18. The molecule has 0 aliphatic rings. The second-order valence-electron chi connectivity index (χ2n) is 4.13. The van der Waals surface area contributed by atoms with Crippen LogP contribution < -0.4 is 16.0 Å². The van der Waals surface area contributed by atoms with E-state index in [2.05, 4.69) is 26.3 Å². The van der Waals surface area contributed by atoms with Gasteiger partial charge < -0.3 is 4.74 Å². The zero-order valence-corrected chi connectivity index (χ0v) is 12.5. The first-order valence-electron chi connectivity index (χ1n) is 6.15. The number of rotatable bonds is 5. The maximum atomic E-state index is 14.2. The van der Waals surface area contributed by atoms with E-state index in [0.29, 0.717) is 22.4 Å². The Morgan fingerprint density at radius 2 is 2.25 bits per heavy atom. The van der Waals surface area contributed by atoms with Gasteiger partial charge in [0.05, 0.1) is 23.3 Å². The van der Waals surface area contributed by atoms with Gasteiger partial charge in [-0.15, -0.1) is 0 Å². The van der Waals surface area contributed by atoms with Crippen LogP contribution in [0.25, 0.3) is 0 Å². The van der Waals surface area contributed by atoms with Crippen molar-refractivity contribution < 1.29 is 9.13 Å². The van der Waals surface area contributed by atoms with Crippen molar-refractivity contribution in [3.05, 3.63) is 58.1 Å². The van der Waals surface area contributed by atoms with Gasteiger partial charge in [0.15, 0.2) is 0 Å². The summed E-state index contributed by atoms with van der Waals surface area (Å²) in [6, 6.07) is 6.37. The molecule has 1 aromatic carbocycles. The summed E-state index contributed by atoms with van der Waals surface area (Å²) in [5.74, 6) is 5.86. The molecular formula is C14H15BrFN3O. The fourth-order valence-corrected chi connectivity index (χ4v) is 2.33. The number of nitrogens with one attached hydrogen (secondary N) is 1. The molecule has 1 unspecified atom stereocenters. The Bertz CT molecular complexity index is 594. The molecule has 1 aromatic heterocycles. The zero-order valence-electron chi connectivity index (χ0n) is 10.9. The Balaban J connectivity index is 2.41. The highest BCUT2D eigenvalue weighted by Gasteiger charge is 2.19. The minimum absolute atomic E-state index is 0.350. The summed E-state index contributed by atoms with van der Waals surface area (Å²) < 4.78 is 20.0. The van der Waals surface area contributed by atoms with Crippen molar-refractivity contribution >= 4 is 15.9 Å². The Morgan fingerprint density at radius 3 is 2.95 bits per heavy atom. The molecule has 0 saturated heterocycles. The van der Waals surface area contributed by atoms with Gasteiger partial charge in [-0.3, -0.25) is 10.8 Å².